The molecule has 0 bridgehead atoms. The van der Waals surface area contributed by atoms with Gasteiger partial charge in [0.25, 0.3) is 0 Å². The number of hydrogen-bond acceptors (Lipinski definition) is 4. The van der Waals surface area contributed by atoms with E-state index in [-0.39, 0.29) is 18.5 Å². The molecule has 0 saturated heterocycles. The summed E-state index contributed by atoms with van der Waals surface area (Å²) in [6, 6.07) is 23.4. The molecule has 0 saturated carbocycles. The van der Waals surface area contributed by atoms with Crippen LogP contribution in [0.25, 0.3) is 0 Å². The minimum atomic E-state index is -3.79. The minimum Gasteiger partial charge on any atom is -0.352 e. The summed E-state index contributed by atoms with van der Waals surface area (Å²) in [4.78, 5) is 29.3. The molecular weight excluding hydrogens is 510 g/mol. The molecule has 0 aliphatic heterocycles. The number of anilines is 1. The van der Waals surface area contributed by atoms with Crippen LogP contribution in [0.15, 0.2) is 78.9 Å². The molecule has 0 aliphatic rings. The molecule has 8 heteroatoms. The second-order valence-electron chi connectivity index (χ2n) is 10.1. The number of hydrogen-bond donors (Lipinski definition) is 1. The number of nitrogens with zero attached hydrogens (tertiary/aromatic N) is 2. The first-order valence-electron chi connectivity index (χ1n) is 13.2. The molecule has 1 N–H and O–H groups in total. The lowest BCUT2D eigenvalue weighted by atomic mass is 10.0. The van der Waals surface area contributed by atoms with Crippen LogP contribution in [0, 0.1) is 13.8 Å². The maximum Gasteiger partial charge on any atom is 0.244 e. The van der Waals surface area contributed by atoms with Gasteiger partial charge in [0.2, 0.25) is 21.8 Å². The Morgan fingerprint density at radius 1 is 0.923 bits per heavy atom. The van der Waals surface area contributed by atoms with Crippen LogP contribution in [-0.4, -0.2) is 50.0 Å². The van der Waals surface area contributed by atoms with E-state index in [0.29, 0.717) is 12.1 Å². The molecule has 0 heterocycles. The summed E-state index contributed by atoms with van der Waals surface area (Å²) in [6.07, 6.45) is 2.13. The smallest absolute Gasteiger partial charge is 0.244 e. The summed E-state index contributed by atoms with van der Waals surface area (Å²) < 4.78 is 26.8. The Kier molecular flexibility index (Phi) is 10.3. The van der Waals surface area contributed by atoms with Gasteiger partial charge in [0, 0.05) is 19.0 Å². The van der Waals surface area contributed by atoms with Crippen LogP contribution in [0.1, 0.15) is 42.5 Å². The Labute approximate surface area is 232 Å². The third-order valence-corrected chi connectivity index (χ3v) is 7.98. The van der Waals surface area contributed by atoms with Gasteiger partial charge in [0.15, 0.2) is 0 Å². The van der Waals surface area contributed by atoms with Crippen molar-refractivity contribution in [3.63, 3.8) is 0 Å². The van der Waals surface area contributed by atoms with Gasteiger partial charge < -0.3 is 10.2 Å². The van der Waals surface area contributed by atoms with Crippen LogP contribution in [0.4, 0.5) is 5.69 Å². The van der Waals surface area contributed by atoms with Crippen LogP contribution in [0.3, 0.4) is 0 Å². The fourth-order valence-electron chi connectivity index (χ4n) is 4.36. The number of benzene rings is 3. The van der Waals surface area contributed by atoms with Crippen molar-refractivity contribution >= 4 is 27.5 Å². The molecule has 3 rings (SSSR count). The number of carbonyl (C=O) groups excluding carboxylic acids is 2. The predicted molar refractivity (Wildman–Crippen MR) is 157 cm³/mol. The predicted octanol–water partition coefficient (Wildman–Crippen LogP) is 4.62. The molecule has 3 aromatic carbocycles. The lowest BCUT2D eigenvalue weighted by molar-refractivity contribution is -0.140. The molecule has 2 amide bonds. The van der Waals surface area contributed by atoms with Crippen LogP contribution in [0.5, 0.6) is 0 Å². The van der Waals surface area contributed by atoms with Crippen molar-refractivity contribution < 1.29 is 18.0 Å². The van der Waals surface area contributed by atoms with E-state index in [2.05, 4.69) is 5.32 Å². The Morgan fingerprint density at radius 3 is 2.21 bits per heavy atom. The van der Waals surface area contributed by atoms with Gasteiger partial charge in [-0.1, -0.05) is 73.7 Å². The summed E-state index contributed by atoms with van der Waals surface area (Å²) in [5.74, 6) is -0.720. The van der Waals surface area contributed by atoms with Gasteiger partial charge in [-0.05, 0) is 61.6 Å². The fraction of sp³-hybridized carbons (Fsp3) is 0.355. The summed E-state index contributed by atoms with van der Waals surface area (Å²) >= 11 is 0. The van der Waals surface area contributed by atoms with E-state index in [1.54, 1.807) is 18.2 Å². The molecule has 0 aromatic heterocycles. The summed E-state index contributed by atoms with van der Waals surface area (Å²) in [5, 5.41) is 3.04. The lowest BCUT2D eigenvalue weighted by Gasteiger charge is -2.34. The average molecular weight is 550 g/mol. The highest BCUT2D eigenvalue weighted by Crippen LogP contribution is 2.22. The highest BCUT2D eigenvalue weighted by atomic mass is 32.2. The topological polar surface area (TPSA) is 86.8 Å². The van der Waals surface area contributed by atoms with E-state index < -0.39 is 28.5 Å². The van der Waals surface area contributed by atoms with Gasteiger partial charge in [-0.3, -0.25) is 13.9 Å². The highest BCUT2D eigenvalue weighted by molar-refractivity contribution is 7.92. The monoisotopic (exact) mass is 549 g/mol. The Morgan fingerprint density at radius 2 is 1.59 bits per heavy atom. The number of rotatable bonds is 12. The average Bonchev–Trinajstić information content (AvgIpc) is 2.89. The van der Waals surface area contributed by atoms with Crippen LogP contribution >= 0.6 is 0 Å². The maximum atomic E-state index is 14.1. The molecular formula is C31H39N3O4S. The molecule has 0 fully saturated rings. The third kappa shape index (κ3) is 8.42. The van der Waals surface area contributed by atoms with Gasteiger partial charge in [-0.25, -0.2) is 8.42 Å². The zero-order valence-corrected chi connectivity index (χ0v) is 24.2. The molecule has 0 radical (unpaired) electrons. The van der Waals surface area contributed by atoms with E-state index in [1.807, 2.05) is 88.4 Å². The first-order chi connectivity index (χ1) is 18.5. The first kappa shape index (κ1) is 29.9. The lowest BCUT2D eigenvalue weighted by Crippen LogP contribution is -2.54. The zero-order chi connectivity index (χ0) is 28.6. The SMILES string of the molecule is CC[C@@H](C)NC(=O)[C@H](Cc1ccccc1)N(Cc1ccccc1C)C(=O)CN(c1cccc(C)c1)S(C)(=O)=O. The molecule has 3 aromatic rings. The quantitative estimate of drug-likeness (QED) is 0.357. The van der Waals surface area contributed by atoms with Gasteiger partial charge in [0.05, 0.1) is 11.9 Å². The van der Waals surface area contributed by atoms with Gasteiger partial charge in [-0.15, -0.1) is 0 Å². The van der Waals surface area contributed by atoms with Crippen molar-refractivity contribution in [1.29, 1.82) is 0 Å². The van der Waals surface area contributed by atoms with Crippen molar-refractivity contribution in [1.82, 2.24) is 10.2 Å². The number of carbonyl (C=O) groups is 2. The minimum absolute atomic E-state index is 0.0778. The normalized spacial score (nSPS) is 12.8. The summed E-state index contributed by atoms with van der Waals surface area (Å²) in [7, 11) is -3.79. The number of aryl methyl sites for hydroxylation is 2. The molecule has 0 spiro atoms. The van der Waals surface area contributed by atoms with E-state index in [4.69, 9.17) is 0 Å². The second kappa shape index (κ2) is 13.4. The zero-order valence-electron chi connectivity index (χ0n) is 23.4. The Bertz CT molecular complexity index is 1380. The Hall–Kier alpha value is -3.65. The van der Waals surface area contributed by atoms with E-state index in [0.717, 1.165) is 39.2 Å². The van der Waals surface area contributed by atoms with Gasteiger partial charge >= 0.3 is 0 Å². The van der Waals surface area contributed by atoms with Crippen LogP contribution in [-0.2, 0) is 32.6 Å². The Balaban J connectivity index is 2.07. The van der Waals surface area contributed by atoms with Crippen LogP contribution < -0.4 is 9.62 Å². The number of amides is 2. The van der Waals surface area contributed by atoms with Gasteiger partial charge in [0.1, 0.15) is 12.6 Å². The first-order valence-corrected chi connectivity index (χ1v) is 15.1. The van der Waals surface area contributed by atoms with Crippen molar-refractivity contribution in [2.24, 2.45) is 0 Å². The maximum absolute atomic E-state index is 14.1. The molecule has 7 nitrogen and oxygen atoms in total. The standard InChI is InChI=1S/C31H39N3O4S/c1-6-25(4)32-31(36)29(20-26-15-8-7-9-16-26)33(21-27-17-11-10-14-24(27)3)30(35)22-34(39(5,37)38)28-18-12-13-23(2)19-28/h7-19,25,29H,6,20-22H2,1-5H3,(H,32,36)/t25-,29+/m1/s1. The van der Waals surface area contributed by atoms with E-state index in [1.165, 1.54) is 4.90 Å². The fourth-order valence-corrected chi connectivity index (χ4v) is 5.20. The number of nitrogens with one attached hydrogen (secondary N) is 1. The molecule has 0 aliphatic carbocycles. The van der Waals surface area contributed by atoms with Crippen LogP contribution in [0.2, 0.25) is 0 Å². The highest BCUT2D eigenvalue weighted by Gasteiger charge is 2.33. The van der Waals surface area contributed by atoms with Crippen molar-refractivity contribution in [2.45, 2.75) is 59.2 Å². The molecule has 39 heavy (non-hydrogen) atoms. The van der Waals surface area contributed by atoms with Crippen molar-refractivity contribution in [3.8, 4) is 0 Å². The molecule has 2 atom stereocenters. The summed E-state index contributed by atoms with van der Waals surface area (Å²) in [6.45, 7) is 7.48. The van der Waals surface area contributed by atoms with Crippen molar-refractivity contribution in [3.05, 3.63) is 101 Å². The van der Waals surface area contributed by atoms with E-state index in [9.17, 15) is 18.0 Å². The number of sulfonamides is 1. The third-order valence-electron chi connectivity index (χ3n) is 6.84. The summed E-state index contributed by atoms with van der Waals surface area (Å²) in [5.41, 5.74) is 4.06. The van der Waals surface area contributed by atoms with Crippen molar-refractivity contribution in [2.75, 3.05) is 17.1 Å². The van der Waals surface area contributed by atoms with Gasteiger partial charge in [-0.2, -0.15) is 0 Å². The van der Waals surface area contributed by atoms with E-state index >= 15 is 0 Å². The molecule has 208 valence electrons. The molecule has 0 unspecified atom stereocenters. The second-order valence-corrected chi connectivity index (χ2v) is 12.0. The largest absolute Gasteiger partial charge is 0.352 e.